The summed E-state index contributed by atoms with van der Waals surface area (Å²) in [6.45, 7) is 48.5. The zero-order valence-electron chi connectivity index (χ0n) is 48.0. The lowest BCUT2D eigenvalue weighted by Crippen LogP contribution is -2.59. The second kappa shape index (κ2) is 18.4. The van der Waals surface area contributed by atoms with Gasteiger partial charge in [0, 0.05) is 0 Å². The minimum absolute atomic E-state index is 0.107. The molecular weight excluding hydrogens is 862 g/mol. The first-order valence-electron chi connectivity index (χ1n) is 28.5. The highest BCUT2D eigenvalue weighted by Crippen LogP contribution is 2.47. The van der Waals surface area contributed by atoms with Crippen LogP contribution in [0.3, 0.4) is 0 Å². The number of benzene rings is 8. The Hall–Kier alpha value is -5.07. The van der Waals surface area contributed by atoms with E-state index in [4.69, 9.17) is 0 Å². The molecule has 0 spiro atoms. The molecule has 0 radical (unpaired) electrons. The minimum atomic E-state index is 0.107. The highest BCUT2D eigenvalue weighted by Gasteiger charge is 2.42. The van der Waals surface area contributed by atoms with Crippen molar-refractivity contribution < 1.29 is 0 Å². The monoisotopic (exact) mass is 947 g/mol. The number of fused-ring (bicyclic) bond motifs is 4. The van der Waals surface area contributed by atoms with Gasteiger partial charge in [0.15, 0.2) is 0 Å². The molecule has 0 amide bonds. The largest absolute Gasteiger partial charge is 0.243 e. The van der Waals surface area contributed by atoms with E-state index < -0.39 is 0 Å². The van der Waals surface area contributed by atoms with Gasteiger partial charge in [-0.1, -0.05) is 244 Å². The van der Waals surface area contributed by atoms with Crippen molar-refractivity contribution in [2.45, 2.75) is 198 Å². The zero-order chi connectivity index (χ0) is 51.8. The van der Waals surface area contributed by atoms with Crippen molar-refractivity contribution in [3.63, 3.8) is 0 Å². The van der Waals surface area contributed by atoms with Crippen molar-refractivity contribution >= 4 is 78.5 Å². The van der Waals surface area contributed by atoms with Crippen molar-refractivity contribution in [2.75, 3.05) is 0 Å². The lowest BCUT2D eigenvalue weighted by molar-refractivity contribution is 0.812. The lowest BCUT2D eigenvalue weighted by Gasteiger charge is -2.37. The van der Waals surface area contributed by atoms with Crippen molar-refractivity contribution in [2.24, 2.45) is 0 Å². The molecule has 8 aromatic rings. The lowest BCUT2D eigenvalue weighted by atomic mass is 9.30. The molecule has 0 atom stereocenters. The van der Waals surface area contributed by atoms with Crippen LogP contribution in [-0.4, -0.2) is 13.4 Å². The first-order valence-corrected chi connectivity index (χ1v) is 28.5. The number of rotatable bonds is 12. The standard InChI is InChI=1S/C70H84B2/c1-35(2)47-27-51(39(9)10)67(52(28-47)40(11)12)71-61-23-21-45-26-58-60-34-50(38(7)8)32-56(44(19)20)70(60)72(68-53(41(13)14)29-48(36(3)4)30-54(68)42(15)16)62-24-22-46-25-57(65(61)63(45)64(46)66(58)62)59-33-49(37(5)6)31-55(43(17)18)69(59)71/h21-44H,1-20H3. The van der Waals surface area contributed by atoms with E-state index in [-0.39, 0.29) is 13.4 Å². The van der Waals surface area contributed by atoms with Gasteiger partial charge in [0.2, 0.25) is 13.4 Å². The molecule has 10 rings (SSSR count). The molecule has 8 aromatic carbocycles. The maximum absolute atomic E-state index is 2.65. The summed E-state index contributed by atoms with van der Waals surface area (Å²) in [5.41, 5.74) is 29.8. The summed E-state index contributed by atoms with van der Waals surface area (Å²) in [5, 5.41) is 8.61. The average Bonchev–Trinajstić information content (AvgIpc) is 3.32. The van der Waals surface area contributed by atoms with Crippen molar-refractivity contribution in [3.05, 3.63) is 141 Å². The average molecular weight is 947 g/mol. The second-order valence-corrected chi connectivity index (χ2v) is 25.9. The van der Waals surface area contributed by atoms with Crippen LogP contribution in [0, 0.1) is 0 Å². The zero-order valence-corrected chi connectivity index (χ0v) is 48.0. The number of hydrogen-bond acceptors (Lipinski definition) is 0. The van der Waals surface area contributed by atoms with Gasteiger partial charge in [0.25, 0.3) is 0 Å². The fraction of sp³-hybridized carbons (Fsp3) is 0.429. The second-order valence-electron chi connectivity index (χ2n) is 25.9. The summed E-state index contributed by atoms with van der Waals surface area (Å²) in [7, 11) is 0. The van der Waals surface area contributed by atoms with Crippen molar-refractivity contribution in [1.29, 1.82) is 0 Å². The van der Waals surface area contributed by atoms with Gasteiger partial charge in [-0.3, -0.25) is 0 Å². The van der Waals surface area contributed by atoms with Crippen LogP contribution in [0.1, 0.15) is 253 Å². The molecule has 2 heteroatoms. The third-order valence-corrected chi connectivity index (χ3v) is 17.7. The van der Waals surface area contributed by atoms with Crippen LogP contribution >= 0.6 is 0 Å². The van der Waals surface area contributed by atoms with Gasteiger partial charge >= 0.3 is 0 Å². The first-order chi connectivity index (χ1) is 34.0. The van der Waals surface area contributed by atoms with Crippen LogP contribution in [0.4, 0.5) is 0 Å². The molecule has 0 unspecified atom stereocenters. The Balaban J connectivity index is 1.43. The molecule has 0 saturated heterocycles. The molecular formula is C70H84B2. The van der Waals surface area contributed by atoms with E-state index in [0.29, 0.717) is 59.2 Å². The molecule has 0 fully saturated rings. The van der Waals surface area contributed by atoms with Crippen molar-refractivity contribution in [1.82, 2.24) is 0 Å². The molecule has 0 N–H and O–H groups in total. The molecule has 0 aromatic heterocycles. The minimum Gasteiger partial charge on any atom is -0.0657 e. The van der Waals surface area contributed by atoms with E-state index in [2.05, 4.69) is 223 Å². The van der Waals surface area contributed by atoms with E-state index in [1.54, 1.807) is 10.9 Å². The molecule has 0 saturated carbocycles. The topological polar surface area (TPSA) is 0 Å². The van der Waals surface area contributed by atoms with E-state index in [1.807, 2.05) is 0 Å². The molecule has 2 aliphatic heterocycles. The van der Waals surface area contributed by atoms with Crippen molar-refractivity contribution in [3.8, 4) is 22.3 Å². The Morgan fingerprint density at radius 1 is 0.236 bits per heavy atom. The fourth-order valence-corrected chi connectivity index (χ4v) is 13.7. The van der Waals surface area contributed by atoms with Crippen LogP contribution < -0.4 is 32.8 Å². The molecule has 72 heavy (non-hydrogen) atoms. The Morgan fingerprint density at radius 3 is 0.736 bits per heavy atom. The maximum atomic E-state index is 2.65. The molecule has 2 aliphatic rings. The highest BCUT2D eigenvalue weighted by molar-refractivity contribution is 7.00. The number of hydrogen-bond donors (Lipinski definition) is 0. The van der Waals surface area contributed by atoms with Crippen LogP contribution in [0.5, 0.6) is 0 Å². The van der Waals surface area contributed by atoms with E-state index >= 15 is 0 Å². The summed E-state index contributed by atoms with van der Waals surface area (Å²) in [6, 6.07) is 36.4. The predicted octanol–water partition coefficient (Wildman–Crippen LogP) is 16.8. The molecule has 0 nitrogen and oxygen atoms in total. The highest BCUT2D eigenvalue weighted by atomic mass is 14.3. The smallest absolute Gasteiger partial charge is 0.0657 e. The van der Waals surface area contributed by atoms with Gasteiger partial charge in [-0.25, -0.2) is 0 Å². The Kier molecular flexibility index (Phi) is 12.9. The third kappa shape index (κ3) is 7.76. The molecule has 0 aliphatic carbocycles. The molecule has 2 heterocycles. The van der Waals surface area contributed by atoms with E-state index in [0.717, 1.165) is 0 Å². The fourth-order valence-electron chi connectivity index (χ4n) is 13.7. The van der Waals surface area contributed by atoms with Crippen LogP contribution in [0.25, 0.3) is 54.6 Å². The Labute approximate surface area is 436 Å². The van der Waals surface area contributed by atoms with Gasteiger partial charge in [-0.05, 0) is 182 Å². The summed E-state index contributed by atoms with van der Waals surface area (Å²) < 4.78 is 0. The van der Waals surface area contributed by atoms with E-state index in [1.165, 1.54) is 132 Å². The van der Waals surface area contributed by atoms with Crippen LogP contribution in [0.15, 0.2) is 84.9 Å². The van der Waals surface area contributed by atoms with Gasteiger partial charge in [-0.15, -0.1) is 0 Å². The summed E-state index contributed by atoms with van der Waals surface area (Å²) >= 11 is 0. The summed E-state index contributed by atoms with van der Waals surface area (Å²) in [4.78, 5) is 0. The van der Waals surface area contributed by atoms with E-state index in [9.17, 15) is 0 Å². The quantitative estimate of drug-likeness (QED) is 0.0846. The van der Waals surface area contributed by atoms with Gasteiger partial charge < -0.3 is 0 Å². The van der Waals surface area contributed by atoms with Gasteiger partial charge in [0.1, 0.15) is 0 Å². The third-order valence-electron chi connectivity index (χ3n) is 17.7. The molecule has 370 valence electrons. The first kappa shape index (κ1) is 50.5. The SMILES string of the molecule is CC(C)c1cc2c(c(C(C)C)c1)B(c1c(C(C)C)cc(C(C)C)cc1C(C)C)c1ccc3cc4c5c(ccc6cc-2c1c3c65)B(c1c(C(C)C)cc(C(C)C)cc1C(C)C)c1c-4cc(C(C)C)cc1C(C)C. The van der Waals surface area contributed by atoms with Gasteiger partial charge in [-0.2, -0.15) is 0 Å². The van der Waals surface area contributed by atoms with Gasteiger partial charge in [0.05, 0.1) is 0 Å². The summed E-state index contributed by atoms with van der Waals surface area (Å²) in [5.74, 6) is 4.01. The van der Waals surface area contributed by atoms with Crippen LogP contribution in [-0.2, 0) is 0 Å². The normalized spacial score (nSPS) is 13.6. The summed E-state index contributed by atoms with van der Waals surface area (Å²) in [6.07, 6.45) is 0. The Bertz CT molecular complexity index is 3150. The maximum Gasteiger partial charge on any atom is 0.243 e. The van der Waals surface area contributed by atoms with Crippen LogP contribution in [0.2, 0.25) is 0 Å². The predicted molar refractivity (Wildman–Crippen MR) is 324 cm³/mol. The molecule has 0 bridgehead atoms. The Morgan fingerprint density at radius 2 is 0.486 bits per heavy atom.